The summed E-state index contributed by atoms with van der Waals surface area (Å²) in [6, 6.07) is 11.9. The molecule has 0 saturated carbocycles. The van der Waals surface area contributed by atoms with Crippen LogP contribution in [0.15, 0.2) is 41.2 Å². The van der Waals surface area contributed by atoms with Gasteiger partial charge in [-0.3, -0.25) is 9.69 Å². The Hall–Kier alpha value is -2.50. The molecule has 5 nitrogen and oxygen atoms in total. The summed E-state index contributed by atoms with van der Waals surface area (Å²) in [5, 5.41) is 0.629. The number of H-pyrrole nitrogens is 1. The minimum atomic E-state index is -0.0860. The summed E-state index contributed by atoms with van der Waals surface area (Å²) in [6.45, 7) is 9.57. The number of hydrogen-bond acceptors (Lipinski definition) is 4. The molecule has 1 aromatic heterocycles. The van der Waals surface area contributed by atoms with Gasteiger partial charge >= 0.3 is 0 Å². The van der Waals surface area contributed by atoms with E-state index >= 15 is 0 Å². The summed E-state index contributed by atoms with van der Waals surface area (Å²) >= 11 is 0. The third kappa shape index (κ3) is 3.66. The van der Waals surface area contributed by atoms with Gasteiger partial charge < -0.3 is 9.88 Å². The van der Waals surface area contributed by atoms with E-state index < -0.39 is 0 Å². The molecule has 1 aliphatic rings. The van der Waals surface area contributed by atoms with Crippen LogP contribution in [0.1, 0.15) is 16.7 Å². The fourth-order valence-electron chi connectivity index (χ4n) is 3.80. The first-order chi connectivity index (χ1) is 13.0. The predicted octanol–water partition coefficient (Wildman–Crippen LogP) is 2.95. The van der Waals surface area contributed by atoms with E-state index in [1.165, 1.54) is 16.7 Å². The maximum Gasteiger partial charge on any atom is 0.259 e. The lowest BCUT2D eigenvalue weighted by Crippen LogP contribution is -2.44. The predicted molar refractivity (Wildman–Crippen MR) is 110 cm³/mol. The van der Waals surface area contributed by atoms with Crippen LogP contribution in [0.3, 0.4) is 0 Å². The Bertz CT molecular complexity index is 1030. The fraction of sp³-hybridized carbons (Fsp3) is 0.364. The van der Waals surface area contributed by atoms with Gasteiger partial charge in [-0.1, -0.05) is 23.8 Å². The van der Waals surface area contributed by atoms with Crippen molar-refractivity contribution >= 4 is 10.9 Å². The number of piperazine rings is 1. The SMILES string of the molecule is Cc1cc(CN2CCN(C)CC2)c(C)c(-c2nc3ccccc3c(=O)[nH]2)c1. The maximum absolute atomic E-state index is 12.5. The number of rotatable bonds is 3. The molecule has 0 radical (unpaired) electrons. The first-order valence-corrected chi connectivity index (χ1v) is 9.52. The molecule has 0 amide bonds. The summed E-state index contributed by atoms with van der Waals surface area (Å²) in [7, 11) is 2.18. The Morgan fingerprint density at radius 2 is 1.81 bits per heavy atom. The molecular formula is C22H26N4O. The quantitative estimate of drug-likeness (QED) is 0.778. The van der Waals surface area contributed by atoms with Crippen molar-refractivity contribution in [1.82, 2.24) is 19.8 Å². The average molecular weight is 362 g/mol. The standard InChI is InChI=1S/C22H26N4O/c1-15-12-17(14-26-10-8-25(3)9-11-26)16(2)19(13-15)21-23-20-7-5-4-6-18(20)22(27)24-21/h4-7,12-13H,8-11,14H2,1-3H3,(H,23,24,27). The molecule has 1 fully saturated rings. The highest BCUT2D eigenvalue weighted by molar-refractivity contribution is 5.79. The first kappa shape index (κ1) is 17.9. The van der Waals surface area contributed by atoms with Crippen LogP contribution in [0.5, 0.6) is 0 Å². The molecule has 140 valence electrons. The Morgan fingerprint density at radius 1 is 1.07 bits per heavy atom. The van der Waals surface area contributed by atoms with E-state index in [9.17, 15) is 4.79 Å². The summed E-state index contributed by atoms with van der Waals surface area (Å²) in [5.41, 5.74) is 5.36. The van der Waals surface area contributed by atoms with E-state index in [1.54, 1.807) is 0 Å². The number of nitrogens with zero attached hydrogens (tertiary/aromatic N) is 3. The van der Waals surface area contributed by atoms with Gasteiger partial charge in [0.15, 0.2) is 0 Å². The van der Waals surface area contributed by atoms with Crippen LogP contribution in [-0.2, 0) is 6.54 Å². The van der Waals surface area contributed by atoms with E-state index in [1.807, 2.05) is 24.3 Å². The highest BCUT2D eigenvalue weighted by Crippen LogP contribution is 2.26. The molecule has 0 unspecified atom stereocenters. The molecule has 27 heavy (non-hydrogen) atoms. The second-order valence-corrected chi connectivity index (χ2v) is 7.61. The minimum Gasteiger partial charge on any atom is -0.306 e. The van der Waals surface area contributed by atoms with Gasteiger partial charge in [-0.2, -0.15) is 0 Å². The molecule has 1 saturated heterocycles. The van der Waals surface area contributed by atoms with Crippen LogP contribution in [0, 0.1) is 13.8 Å². The number of fused-ring (bicyclic) bond motifs is 1. The molecule has 2 aromatic carbocycles. The lowest BCUT2D eigenvalue weighted by molar-refractivity contribution is 0.148. The molecule has 5 heteroatoms. The molecule has 1 aliphatic heterocycles. The third-order valence-corrected chi connectivity index (χ3v) is 5.52. The van der Waals surface area contributed by atoms with E-state index in [-0.39, 0.29) is 5.56 Å². The number of benzene rings is 2. The van der Waals surface area contributed by atoms with E-state index in [0.29, 0.717) is 11.2 Å². The van der Waals surface area contributed by atoms with Crippen molar-refractivity contribution in [3.8, 4) is 11.4 Å². The molecule has 4 rings (SSSR count). The second-order valence-electron chi connectivity index (χ2n) is 7.61. The molecule has 1 N–H and O–H groups in total. The molecular weight excluding hydrogens is 336 g/mol. The van der Waals surface area contributed by atoms with Crippen LogP contribution in [0.4, 0.5) is 0 Å². The van der Waals surface area contributed by atoms with Crippen LogP contribution < -0.4 is 5.56 Å². The normalized spacial score (nSPS) is 16.1. The van der Waals surface area contributed by atoms with Gasteiger partial charge in [0.25, 0.3) is 5.56 Å². The van der Waals surface area contributed by atoms with Gasteiger partial charge in [-0.05, 0) is 50.2 Å². The monoisotopic (exact) mass is 362 g/mol. The Balaban J connectivity index is 1.73. The molecule has 2 heterocycles. The van der Waals surface area contributed by atoms with Crippen LogP contribution in [0.25, 0.3) is 22.3 Å². The third-order valence-electron chi connectivity index (χ3n) is 5.52. The van der Waals surface area contributed by atoms with Crippen molar-refractivity contribution in [3.63, 3.8) is 0 Å². The first-order valence-electron chi connectivity index (χ1n) is 9.52. The zero-order valence-electron chi connectivity index (χ0n) is 16.2. The summed E-state index contributed by atoms with van der Waals surface area (Å²) in [5.74, 6) is 0.652. The lowest BCUT2D eigenvalue weighted by Gasteiger charge is -2.33. The Kier molecular flexibility index (Phi) is 4.81. The average Bonchev–Trinajstić information content (AvgIpc) is 2.66. The number of para-hydroxylation sites is 1. The lowest BCUT2D eigenvalue weighted by atomic mass is 9.97. The molecule has 3 aromatic rings. The van der Waals surface area contributed by atoms with Crippen molar-refractivity contribution in [1.29, 1.82) is 0 Å². The minimum absolute atomic E-state index is 0.0860. The molecule has 0 bridgehead atoms. The van der Waals surface area contributed by atoms with Gasteiger partial charge in [0, 0.05) is 38.3 Å². The van der Waals surface area contributed by atoms with Gasteiger partial charge in [-0.15, -0.1) is 0 Å². The summed E-state index contributed by atoms with van der Waals surface area (Å²) in [4.78, 5) is 25.1. The van der Waals surface area contributed by atoms with E-state index in [0.717, 1.165) is 43.8 Å². The highest BCUT2D eigenvalue weighted by Gasteiger charge is 2.17. The van der Waals surface area contributed by atoms with Gasteiger partial charge in [0.05, 0.1) is 10.9 Å². The van der Waals surface area contributed by atoms with Crippen molar-refractivity contribution in [2.24, 2.45) is 0 Å². The number of nitrogens with one attached hydrogen (secondary N) is 1. The molecule has 0 atom stereocenters. The zero-order valence-corrected chi connectivity index (χ0v) is 16.2. The van der Waals surface area contributed by atoms with Crippen molar-refractivity contribution in [2.75, 3.05) is 33.2 Å². The number of aryl methyl sites for hydroxylation is 1. The van der Waals surface area contributed by atoms with Crippen LogP contribution in [0.2, 0.25) is 0 Å². The molecule has 0 spiro atoms. The van der Waals surface area contributed by atoms with Crippen LogP contribution >= 0.6 is 0 Å². The fourth-order valence-corrected chi connectivity index (χ4v) is 3.80. The van der Waals surface area contributed by atoms with Gasteiger partial charge in [0.1, 0.15) is 5.82 Å². The van der Waals surface area contributed by atoms with Crippen molar-refractivity contribution < 1.29 is 0 Å². The number of likely N-dealkylation sites (N-methyl/N-ethyl adjacent to an activating group) is 1. The maximum atomic E-state index is 12.5. The molecule has 0 aliphatic carbocycles. The Morgan fingerprint density at radius 3 is 2.59 bits per heavy atom. The largest absolute Gasteiger partial charge is 0.306 e. The summed E-state index contributed by atoms with van der Waals surface area (Å²) in [6.07, 6.45) is 0. The zero-order chi connectivity index (χ0) is 19.0. The highest BCUT2D eigenvalue weighted by atomic mass is 16.1. The van der Waals surface area contributed by atoms with Crippen molar-refractivity contribution in [3.05, 3.63) is 63.4 Å². The van der Waals surface area contributed by atoms with E-state index in [4.69, 9.17) is 4.98 Å². The van der Waals surface area contributed by atoms with Crippen LogP contribution in [-0.4, -0.2) is 53.0 Å². The van der Waals surface area contributed by atoms with Crippen molar-refractivity contribution in [2.45, 2.75) is 20.4 Å². The number of aromatic amines is 1. The van der Waals surface area contributed by atoms with Gasteiger partial charge in [0.2, 0.25) is 0 Å². The van der Waals surface area contributed by atoms with Gasteiger partial charge in [-0.25, -0.2) is 4.98 Å². The van der Waals surface area contributed by atoms with E-state index in [2.05, 4.69) is 47.8 Å². The topological polar surface area (TPSA) is 52.2 Å². The number of aromatic nitrogens is 2. The number of hydrogen-bond donors (Lipinski definition) is 1. The second kappa shape index (κ2) is 7.25. The smallest absolute Gasteiger partial charge is 0.259 e. The Labute approximate surface area is 159 Å². The summed E-state index contributed by atoms with van der Waals surface area (Å²) < 4.78 is 0.